The molecule has 3 heteroatoms. The molecule has 26 heavy (non-hydrogen) atoms. The van der Waals surface area contributed by atoms with Crippen molar-refractivity contribution < 1.29 is 9.59 Å². The van der Waals surface area contributed by atoms with Crippen LogP contribution in [0.5, 0.6) is 0 Å². The minimum absolute atomic E-state index is 0.103. The van der Waals surface area contributed by atoms with Crippen molar-refractivity contribution in [3.05, 3.63) is 101 Å². The van der Waals surface area contributed by atoms with Gasteiger partial charge in [-0.25, -0.2) is 0 Å². The van der Waals surface area contributed by atoms with Crippen LogP contribution in [0.2, 0.25) is 0 Å². The van der Waals surface area contributed by atoms with Gasteiger partial charge in [0.2, 0.25) is 5.91 Å². The van der Waals surface area contributed by atoms with Crippen molar-refractivity contribution in [3.63, 3.8) is 0 Å². The molecule has 3 aromatic carbocycles. The number of carbonyl (C=O) groups excluding carboxylic acids is 2. The van der Waals surface area contributed by atoms with Crippen molar-refractivity contribution in [2.45, 2.75) is 19.8 Å². The van der Waals surface area contributed by atoms with Crippen LogP contribution in [0.15, 0.2) is 78.9 Å². The lowest BCUT2D eigenvalue weighted by Crippen LogP contribution is -2.17. The molecule has 0 radical (unpaired) electrons. The van der Waals surface area contributed by atoms with Gasteiger partial charge in [0.1, 0.15) is 0 Å². The van der Waals surface area contributed by atoms with Crippen LogP contribution in [0, 0.1) is 0 Å². The van der Waals surface area contributed by atoms with Gasteiger partial charge in [-0.3, -0.25) is 9.59 Å². The summed E-state index contributed by atoms with van der Waals surface area (Å²) in [7, 11) is 0. The molecule has 0 unspecified atom stereocenters. The molecule has 3 rings (SSSR count). The van der Waals surface area contributed by atoms with E-state index >= 15 is 0 Å². The molecule has 0 aromatic heterocycles. The molecule has 0 aliphatic carbocycles. The Labute approximate surface area is 153 Å². The van der Waals surface area contributed by atoms with Gasteiger partial charge in [0.25, 0.3) is 0 Å². The van der Waals surface area contributed by atoms with Gasteiger partial charge < -0.3 is 5.32 Å². The fourth-order valence-corrected chi connectivity index (χ4v) is 2.81. The number of rotatable bonds is 6. The third-order valence-electron chi connectivity index (χ3n) is 4.28. The van der Waals surface area contributed by atoms with E-state index in [4.69, 9.17) is 0 Å². The van der Waals surface area contributed by atoms with E-state index in [9.17, 15) is 9.59 Å². The Hall–Kier alpha value is -3.20. The Morgan fingerprint density at radius 1 is 0.769 bits per heavy atom. The fourth-order valence-electron chi connectivity index (χ4n) is 2.81. The number of ketones is 1. The van der Waals surface area contributed by atoms with E-state index < -0.39 is 0 Å². The Bertz CT molecular complexity index is 899. The molecular formula is C23H21NO2. The summed E-state index contributed by atoms with van der Waals surface area (Å²) in [5, 5.41) is 2.88. The van der Waals surface area contributed by atoms with Crippen LogP contribution < -0.4 is 5.32 Å². The average molecular weight is 343 g/mol. The molecule has 0 aliphatic heterocycles. The predicted octanol–water partition coefficient (Wildman–Crippen LogP) is 4.66. The lowest BCUT2D eigenvalue weighted by atomic mass is 10.0. The van der Waals surface area contributed by atoms with Gasteiger partial charge in [-0.15, -0.1) is 0 Å². The van der Waals surface area contributed by atoms with E-state index in [0.29, 0.717) is 16.8 Å². The third kappa shape index (κ3) is 4.25. The van der Waals surface area contributed by atoms with Gasteiger partial charge in [-0.2, -0.15) is 0 Å². The van der Waals surface area contributed by atoms with Gasteiger partial charge in [0, 0.05) is 11.1 Å². The second kappa shape index (κ2) is 8.26. The standard InChI is InChI=1S/C23H21NO2/c1-2-17-12-14-18(15-13-17)16-22(25)24-21-11-7-6-10-20(21)23(26)19-8-4-3-5-9-19/h3-15H,2,16H2,1H3,(H,24,25). The summed E-state index contributed by atoms with van der Waals surface area (Å²) in [5.41, 5.74) is 3.83. The van der Waals surface area contributed by atoms with E-state index in [1.54, 1.807) is 30.3 Å². The molecule has 0 aliphatic rings. The molecule has 0 heterocycles. The highest BCUT2D eigenvalue weighted by Gasteiger charge is 2.14. The molecular weight excluding hydrogens is 322 g/mol. The number of nitrogens with one attached hydrogen (secondary N) is 1. The zero-order valence-electron chi connectivity index (χ0n) is 14.7. The highest BCUT2D eigenvalue weighted by atomic mass is 16.1. The third-order valence-corrected chi connectivity index (χ3v) is 4.28. The quantitative estimate of drug-likeness (QED) is 0.662. The smallest absolute Gasteiger partial charge is 0.228 e. The number of hydrogen-bond donors (Lipinski definition) is 1. The molecule has 3 aromatic rings. The lowest BCUT2D eigenvalue weighted by Gasteiger charge is -2.11. The zero-order chi connectivity index (χ0) is 18.4. The molecule has 130 valence electrons. The fraction of sp³-hybridized carbons (Fsp3) is 0.130. The van der Waals surface area contributed by atoms with Crippen LogP contribution in [0.3, 0.4) is 0 Å². The Morgan fingerprint density at radius 2 is 1.38 bits per heavy atom. The molecule has 1 N–H and O–H groups in total. The first-order valence-corrected chi connectivity index (χ1v) is 8.74. The number of anilines is 1. The first-order chi connectivity index (χ1) is 12.7. The Morgan fingerprint density at radius 3 is 2.08 bits per heavy atom. The highest BCUT2D eigenvalue weighted by molar-refractivity contribution is 6.13. The largest absolute Gasteiger partial charge is 0.325 e. The number of carbonyl (C=O) groups is 2. The number of para-hydroxylation sites is 1. The Balaban J connectivity index is 1.75. The first kappa shape index (κ1) is 17.6. The van der Waals surface area contributed by atoms with Crippen molar-refractivity contribution in [2.75, 3.05) is 5.32 Å². The lowest BCUT2D eigenvalue weighted by molar-refractivity contribution is -0.115. The molecule has 0 saturated heterocycles. The van der Waals surface area contributed by atoms with Gasteiger partial charge >= 0.3 is 0 Å². The van der Waals surface area contributed by atoms with Crippen molar-refractivity contribution in [1.29, 1.82) is 0 Å². The number of amides is 1. The van der Waals surface area contributed by atoms with Crippen molar-refractivity contribution >= 4 is 17.4 Å². The second-order valence-corrected chi connectivity index (χ2v) is 6.14. The van der Waals surface area contributed by atoms with Crippen LogP contribution in [0.1, 0.15) is 34.0 Å². The summed E-state index contributed by atoms with van der Waals surface area (Å²) in [4.78, 5) is 25.2. The number of hydrogen-bond acceptors (Lipinski definition) is 2. The van der Waals surface area contributed by atoms with Gasteiger partial charge in [0.15, 0.2) is 5.78 Å². The molecule has 0 atom stereocenters. The van der Waals surface area contributed by atoms with Crippen LogP contribution in [-0.4, -0.2) is 11.7 Å². The maximum Gasteiger partial charge on any atom is 0.228 e. The summed E-state index contributed by atoms with van der Waals surface area (Å²) < 4.78 is 0. The molecule has 0 spiro atoms. The maximum absolute atomic E-state index is 12.7. The molecule has 0 saturated carbocycles. The van der Waals surface area contributed by atoms with E-state index in [-0.39, 0.29) is 18.1 Å². The SMILES string of the molecule is CCc1ccc(CC(=O)Nc2ccccc2C(=O)c2ccccc2)cc1. The minimum atomic E-state index is -0.137. The summed E-state index contributed by atoms with van der Waals surface area (Å²) >= 11 is 0. The van der Waals surface area contributed by atoms with Crippen LogP contribution >= 0.6 is 0 Å². The van der Waals surface area contributed by atoms with Crippen molar-refractivity contribution in [2.24, 2.45) is 0 Å². The summed E-state index contributed by atoms with van der Waals surface area (Å²) in [6.07, 6.45) is 1.25. The summed E-state index contributed by atoms with van der Waals surface area (Å²) in [6, 6.07) is 24.2. The monoisotopic (exact) mass is 343 g/mol. The van der Waals surface area contributed by atoms with Gasteiger partial charge in [-0.1, -0.05) is 73.7 Å². The van der Waals surface area contributed by atoms with Crippen molar-refractivity contribution in [3.8, 4) is 0 Å². The van der Waals surface area contributed by atoms with E-state index in [0.717, 1.165) is 12.0 Å². The van der Waals surface area contributed by atoms with E-state index in [1.165, 1.54) is 5.56 Å². The van der Waals surface area contributed by atoms with Crippen molar-refractivity contribution in [1.82, 2.24) is 0 Å². The number of aryl methyl sites for hydroxylation is 1. The first-order valence-electron chi connectivity index (χ1n) is 8.74. The molecule has 3 nitrogen and oxygen atoms in total. The minimum Gasteiger partial charge on any atom is -0.325 e. The Kier molecular flexibility index (Phi) is 5.59. The van der Waals surface area contributed by atoms with Gasteiger partial charge in [0.05, 0.1) is 12.1 Å². The second-order valence-electron chi connectivity index (χ2n) is 6.14. The molecule has 0 bridgehead atoms. The topological polar surface area (TPSA) is 46.2 Å². The summed E-state index contributed by atoms with van der Waals surface area (Å²) in [6.45, 7) is 2.10. The normalized spacial score (nSPS) is 10.3. The maximum atomic E-state index is 12.7. The highest BCUT2D eigenvalue weighted by Crippen LogP contribution is 2.19. The van der Waals surface area contributed by atoms with E-state index in [1.807, 2.05) is 48.5 Å². The molecule has 1 amide bonds. The van der Waals surface area contributed by atoms with Gasteiger partial charge in [-0.05, 0) is 29.7 Å². The van der Waals surface area contributed by atoms with Crippen LogP contribution in [0.25, 0.3) is 0 Å². The van der Waals surface area contributed by atoms with E-state index in [2.05, 4.69) is 12.2 Å². The summed E-state index contributed by atoms with van der Waals surface area (Å²) in [5.74, 6) is -0.239. The van der Waals surface area contributed by atoms with Crippen LogP contribution in [0.4, 0.5) is 5.69 Å². The number of benzene rings is 3. The zero-order valence-corrected chi connectivity index (χ0v) is 14.7. The van der Waals surface area contributed by atoms with Crippen LogP contribution in [-0.2, 0) is 17.6 Å². The predicted molar refractivity (Wildman–Crippen MR) is 104 cm³/mol. The molecule has 0 fully saturated rings. The average Bonchev–Trinajstić information content (AvgIpc) is 2.69.